The van der Waals surface area contributed by atoms with Crippen LogP contribution >= 0.6 is 0 Å². The number of benzene rings is 1. The van der Waals surface area contributed by atoms with Gasteiger partial charge in [0.1, 0.15) is 12.4 Å². The van der Waals surface area contributed by atoms with Crippen molar-refractivity contribution in [3.8, 4) is 0 Å². The number of anilines is 3. The Hall–Kier alpha value is -2.67. The van der Waals surface area contributed by atoms with Gasteiger partial charge in [-0.25, -0.2) is 9.78 Å². The molecule has 1 unspecified atom stereocenters. The number of carbonyl (C=O) groups is 1. The van der Waals surface area contributed by atoms with Crippen LogP contribution in [0, 0.1) is 0 Å². The molecule has 7 heteroatoms. The molecule has 1 atom stereocenters. The third kappa shape index (κ3) is 2.90. The summed E-state index contributed by atoms with van der Waals surface area (Å²) in [7, 11) is 0. The zero-order valence-electron chi connectivity index (χ0n) is 13.1. The molecular formula is C17H18N4O3. The van der Waals surface area contributed by atoms with Gasteiger partial charge in [0.15, 0.2) is 0 Å². The second-order valence-electron chi connectivity index (χ2n) is 6.05. The summed E-state index contributed by atoms with van der Waals surface area (Å²) < 4.78 is 5.01. The zero-order chi connectivity index (χ0) is 16.5. The van der Waals surface area contributed by atoms with Crippen molar-refractivity contribution in [1.82, 2.24) is 9.97 Å². The van der Waals surface area contributed by atoms with E-state index >= 15 is 0 Å². The molecule has 3 heterocycles. The molecule has 124 valence electrons. The number of rotatable bonds is 3. The average Bonchev–Trinajstić information content (AvgIpc) is 2.96. The lowest BCUT2D eigenvalue weighted by Gasteiger charge is -2.31. The van der Waals surface area contributed by atoms with Gasteiger partial charge in [-0.15, -0.1) is 0 Å². The maximum Gasteiger partial charge on any atom is 0.338 e. The summed E-state index contributed by atoms with van der Waals surface area (Å²) >= 11 is 0. The standard InChI is InChI=1S/C17H18N4O3/c22-13-2-1-7-21(9-13)15-5-6-18-17(20-15)19-12-3-4-14-11(8-12)10-24-16(14)23/h3-6,8,13,22H,1-2,7,9-10H2,(H,18,19,20). The lowest BCUT2D eigenvalue weighted by Crippen LogP contribution is -2.38. The quantitative estimate of drug-likeness (QED) is 0.832. The number of piperidine rings is 1. The predicted octanol–water partition coefficient (Wildman–Crippen LogP) is 1.85. The van der Waals surface area contributed by atoms with Gasteiger partial charge in [-0.05, 0) is 37.1 Å². The number of hydrogen-bond acceptors (Lipinski definition) is 7. The Morgan fingerprint density at radius 1 is 1.33 bits per heavy atom. The van der Waals surface area contributed by atoms with E-state index in [0.717, 1.165) is 36.5 Å². The first-order valence-electron chi connectivity index (χ1n) is 8.02. The van der Waals surface area contributed by atoms with Crippen molar-refractivity contribution in [1.29, 1.82) is 0 Å². The van der Waals surface area contributed by atoms with Crippen molar-refractivity contribution in [2.24, 2.45) is 0 Å². The van der Waals surface area contributed by atoms with Gasteiger partial charge in [-0.1, -0.05) is 0 Å². The summed E-state index contributed by atoms with van der Waals surface area (Å²) in [5, 5.41) is 13.0. The summed E-state index contributed by atoms with van der Waals surface area (Å²) in [6.45, 7) is 1.77. The van der Waals surface area contributed by atoms with Crippen LogP contribution in [0.3, 0.4) is 0 Å². The number of nitrogens with one attached hydrogen (secondary N) is 1. The molecule has 4 rings (SSSR count). The molecule has 2 aliphatic rings. The molecule has 2 aromatic rings. The molecule has 2 aliphatic heterocycles. The smallest absolute Gasteiger partial charge is 0.338 e. The minimum atomic E-state index is -0.306. The first-order valence-corrected chi connectivity index (χ1v) is 8.02. The van der Waals surface area contributed by atoms with Crippen molar-refractivity contribution >= 4 is 23.4 Å². The Morgan fingerprint density at radius 3 is 3.12 bits per heavy atom. The molecule has 1 saturated heterocycles. The molecule has 7 nitrogen and oxygen atoms in total. The molecule has 0 saturated carbocycles. The fourth-order valence-corrected chi connectivity index (χ4v) is 3.09. The summed E-state index contributed by atoms with van der Waals surface area (Å²) in [6.07, 6.45) is 3.18. The third-order valence-electron chi connectivity index (χ3n) is 4.30. The molecule has 0 spiro atoms. The second kappa shape index (κ2) is 6.09. The van der Waals surface area contributed by atoms with E-state index in [1.165, 1.54) is 0 Å². The van der Waals surface area contributed by atoms with Gasteiger partial charge in [-0.2, -0.15) is 4.98 Å². The van der Waals surface area contributed by atoms with Crippen LogP contribution in [0.1, 0.15) is 28.8 Å². The minimum Gasteiger partial charge on any atom is -0.457 e. The highest BCUT2D eigenvalue weighted by molar-refractivity contribution is 5.94. The Balaban J connectivity index is 1.53. The van der Waals surface area contributed by atoms with Gasteiger partial charge in [0.2, 0.25) is 5.95 Å². The Bertz CT molecular complexity index is 780. The number of aliphatic hydroxyl groups excluding tert-OH is 1. The number of esters is 1. The number of ether oxygens (including phenoxy) is 1. The molecular weight excluding hydrogens is 308 g/mol. The van der Waals surface area contributed by atoms with Gasteiger partial charge < -0.3 is 20.1 Å². The Morgan fingerprint density at radius 2 is 2.25 bits per heavy atom. The van der Waals surface area contributed by atoms with Crippen molar-refractivity contribution in [3.05, 3.63) is 41.6 Å². The second-order valence-corrected chi connectivity index (χ2v) is 6.05. The lowest BCUT2D eigenvalue weighted by atomic mass is 10.1. The van der Waals surface area contributed by atoms with E-state index in [1.807, 2.05) is 18.2 Å². The van der Waals surface area contributed by atoms with Crippen molar-refractivity contribution in [3.63, 3.8) is 0 Å². The predicted molar refractivity (Wildman–Crippen MR) is 88.3 cm³/mol. The van der Waals surface area contributed by atoms with Crippen LogP contribution in [-0.4, -0.2) is 40.2 Å². The summed E-state index contributed by atoms with van der Waals surface area (Å²) in [6, 6.07) is 7.28. The van der Waals surface area contributed by atoms with Gasteiger partial charge in [0, 0.05) is 30.5 Å². The van der Waals surface area contributed by atoms with Crippen LogP contribution < -0.4 is 10.2 Å². The molecule has 1 fully saturated rings. The van der Waals surface area contributed by atoms with E-state index in [-0.39, 0.29) is 12.1 Å². The van der Waals surface area contributed by atoms with Crippen LogP contribution in [0.5, 0.6) is 0 Å². The number of cyclic esters (lactones) is 1. The monoisotopic (exact) mass is 326 g/mol. The first kappa shape index (κ1) is 14.9. The number of fused-ring (bicyclic) bond motifs is 1. The lowest BCUT2D eigenvalue weighted by molar-refractivity contribution is 0.0535. The highest BCUT2D eigenvalue weighted by Gasteiger charge is 2.21. The van der Waals surface area contributed by atoms with Crippen LogP contribution in [0.2, 0.25) is 0 Å². The maximum absolute atomic E-state index is 11.5. The fourth-order valence-electron chi connectivity index (χ4n) is 3.09. The number of aliphatic hydroxyl groups is 1. The van der Waals surface area contributed by atoms with Gasteiger partial charge in [-0.3, -0.25) is 0 Å². The van der Waals surface area contributed by atoms with Crippen molar-refractivity contribution in [2.45, 2.75) is 25.6 Å². The number of hydrogen-bond donors (Lipinski definition) is 2. The maximum atomic E-state index is 11.5. The highest BCUT2D eigenvalue weighted by atomic mass is 16.5. The van der Waals surface area contributed by atoms with E-state index in [2.05, 4.69) is 20.2 Å². The van der Waals surface area contributed by atoms with E-state index in [1.54, 1.807) is 12.3 Å². The highest BCUT2D eigenvalue weighted by Crippen LogP contribution is 2.25. The molecule has 0 amide bonds. The van der Waals surface area contributed by atoms with Crippen LogP contribution in [0.15, 0.2) is 30.5 Å². The largest absolute Gasteiger partial charge is 0.457 e. The van der Waals surface area contributed by atoms with E-state index < -0.39 is 0 Å². The number of carbonyl (C=O) groups excluding carboxylic acids is 1. The van der Waals surface area contributed by atoms with Crippen LogP contribution in [-0.2, 0) is 11.3 Å². The number of nitrogens with zero attached hydrogens (tertiary/aromatic N) is 3. The fraction of sp³-hybridized carbons (Fsp3) is 0.353. The summed E-state index contributed by atoms with van der Waals surface area (Å²) in [4.78, 5) is 22.3. The molecule has 24 heavy (non-hydrogen) atoms. The average molecular weight is 326 g/mol. The molecule has 1 aromatic carbocycles. The zero-order valence-corrected chi connectivity index (χ0v) is 13.1. The molecule has 0 aliphatic carbocycles. The SMILES string of the molecule is O=C1OCc2cc(Nc3nccc(N4CCCC(O)C4)n3)ccc21. The van der Waals surface area contributed by atoms with Gasteiger partial charge >= 0.3 is 5.97 Å². The Labute approximate surface area is 139 Å². The van der Waals surface area contributed by atoms with Crippen LogP contribution in [0.25, 0.3) is 0 Å². The van der Waals surface area contributed by atoms with Gasteiger partial charge in [0.05, 0.1) is 11.7 Å². The van der Waals surface area contributed by atoms with E-state index in [9.17, 15) is 9.90 Å². The Kier molecular flexibility index (Phi) is 3.78. The number of β-amino-alcohol motifs (C(OH)–C–C–N with tert-alkyl or cyclic N) is 1. The van der Waals surface area contributed by atoms with E-state index in [4.69, 9.17) is 4.74 Å². The normalized spacial score (nSPS) is 19.8. The van der Waals surface area contributed by atoms with Gasteiger partial charge in [0.25, 0.3) is 0 Å². The minimum absolute atomic E-state index is 0.279. The van der Waals surface area contributed by atoms with E-state index in [0.29, 0.717) is 24.7 Å². The third-order valence-corrected chi connectivity index (χ3v) is 4.30. The molecule has 0 radical (unpaired) electrons. The summed E-state index contributed by atoms with van der Waals surface area (Å²) in [5.74, 6) is 1.00. The van der Waals surface area contributed by atoms with Crippen molar-refractivity contribution in [2.75, 3.05) is 23.3 Å². The van der Waals surface area contributed by atoms with Crippen molar-refractivity contribution < 1.29 is 14.6 Å². The molecule has 1 aromatic heterocycles. The molecule has 2 N–H and O–H groups in total. The van der Waals surface area contributed by atoms with Crippen LogP contribution in [0.4, 0.5) is 17.5 Å². The topological polar surface area (TPSA) is 87.6 Å². The molecule has 0 bridgehead atoms. The summed E-state index contributed by atoms with van der Waals surface area (Å²) in [5.41, 5.74) is 2.28. The number of aromatic nitrogens is 2. The first-order chi connectivity index (χ1) is 11.7.